The van der Waals surface area contributed by atoms with Gasteiger partial charge in [-0.3, -0.25) is 9.59 Å². The van der Waals surface area contributed by atoms with Crippen LogP contribution in [0.5, 0.6) is 0 Å². The van der Waals surface area contributed by atoms with Crippen molar-refractivity contribution in [2.24, 2.45) is 0 Å². The Balaban J connectivity index is 2.34. The minimum absolute atomic E-state index is 0.0822. The van der Waals surface area contributed by atoms with E-state index in [2.05, 4.69) is 0 Å². The lowest BCUT2D eigenvalue weighted by molar-refractivity contribution is -0.118. The molecule has 1 aromatic rings. The number of fused-ring (bicyclic) bond motifs is 1. The predicted molar refractivity (Wildman–Crippen MR) is 78.4 cm³/mol. The van der Waals surface area contributed by atoms with Crippen LogP contribution in [0.25, 0.3) is 0 Å². The number of amides is 1. The molecule has 4 nitrogen and oxygen atoms in total. The zero-order valence-electron chi connectivity index (χ0n) is 11.2. The number of benzene rings is 1. The molecular formula is C14H18N2O2S. The lowest BCUT2D eigenvalue weighted by atomic mass is 10.2. The van der Waals surface area contributed by atoms with Crippen LogP contribution in [0.1, 0.15) is 26.7 Å². The number of ketones is 1. The van der Waals surface area contributed by atoms with Gasteiger partial charge in [-0.15, -0.1) is 11.8 Å². The Morgan fingerprint density at radius 1 is 1.47 bits per heavy atom. The number of nitrogens with two attached hydrogens (primary N) is 1. The fourth-order valence-electron chi connectivity index (χ4n) is 2.10. The summed E-state index contributed by atoms with van der Waals surface area (Å²) in [6.45, 7) is 3.99. The number of thioether (sulfide) groups is 1. The summed E-state index contributed by atoms with van der Waals surface area (Å²) < 4.78 is 0. The maximum Gasteiger partial charge on any atom is 0.240 e. The molecule has 0 saturated carbocycles. The third kappa shape index (κ3) is 2.92. The van der Waals surface area contributed by atoms with E-state index in [1.807, 2.05) is 19.1 Å². The highest BCUT2D eigenvalue weighted by Gasteiger charge is 2.32. The molecule has 1 atom stereocenters. The van der Waals surface area contributed by atoms with Crippen LogP contribution in [-0.2, 0) is 9.59 Å². The Hall–Kier alpha value is -1.49. The van der Waals surface area contributed by atoms with Crippen molar-refractivity contribution in [3.05, 3.63) is 18.2 Å². The second-order valence-electron chi connectivity index (χ2n) is 4.68. The quantitative estimate of drug-likeness (QED) is 0.859. The van der Waals surface area contributed by atoms with Crippen LogP contribution in [0.4, 0.5) is 11.4 Å². The van der Waals surface area contributed by atoms with Gasteiger partial charge in [-0.05, 0) is 31.5 Å². The third-order valence-corrected chi connectivity index (χ3v) is 4.54. The lowest BCUT2D eigenvalue weighted by Gasteiger charge is -2.33. The average Bonchev–Trinajstić information content (AvgIpc) is 2.37. The van der Waals surface area contributed by atoms with Gasteiger partial charge in [0, 0.05) is 23.5 Å². The number of nitrogens with zero attached hydrogens (tertiary/aromatic N) is 1. The molecule has 0 saturated heterocycles. The molecule has 0 fully saturated rings. The maximum absolute atomic E-state index is 12.4. The molecule has 2 N–H and O–H groups in total. The van der Waals surface area contributed by atoms with Gasteiger partial charge in [0.2, 0.25) is 5.91 Å². The summed E-state index contributed by atoms with van der Waals surface area (Å²) in [4.78, 5) is 26.3. The molecule has 0 bridgehead atoms. The Labute approximate surface area is 117 Å². The van der Waals surface area contributed by atoms with Gasteiger partial charge in [0.15, 0.2) is 0 Å². The van der Waals surface area contributed by atoms with Crippen LogP contribution in [0.2, 0.25) is 0 Å². The van der Waals surface area contributed by atoms with E-state index in [-0.39, 0.29) is 16.9 Å². The standard InChI is InChI=1S/C14H18N2O2S/c1-3-12-14(18)16(7-6-9(2)17)11-5-4-10(15)8-13(11)19-12/h4-5,8,12H,3,6-7,15H2,1-2H3. The van der Waals surface area contributed by atoms with E-state index in [1.165, 1.54) is 0 Å². The third-order valence-electron chi connectivity index (χ3n) is 3.14. The van der Waals surface area contributed by atoms with Crippen molar-refractivity contribution in [2.75, 3.05) is 17.2 Å². The fraction of sp³-hybridized carbons (Fsp3) is 0.429. The molecule has 0 spiro atoms. The summed E-state index contributed by atoms with van der Waals surface area (Å²) in [7, 11) is 0. The molecule has 5 heteroatoms. The van der Waals surface area contributed by atoms with Crippen LogP contribution in [0, 0.1) is 0 Å². The SMILES string of the molecule is CCC1Sc2cc(N)ccc2N(CCC(C)=O)C1=O. The van der Waals surface area contributed by atoms with Gasteiger partial charge in [0.05, 0.1) is 10.9 Å². The van der Waals surface area contributed by atoms with Crippen molar-refractivity contribution in [2.45, 2.75) is 36.8 Å². The molecule has 2 rings (SSSR count). The van der Waals surface area contributed by atoms with E-state index in [4.69, 9.17) is 5.73 Å². The van der Waals surface area contributed by atoms with Crippen LogP contribution < -0.4 is 10.6 Å². The highest BCUT2D eigenvalue weighted by Crippen LogP contribution is 2.41. The molecule has 1 aliphatic heterocycles. The van der Waals surface area contributed by atoms with Crippen molar-refractivity contribution in [3.8, 4) is 0 Å². The Morgan fingerprint density at radius 3 is 2.84 bits per heavy atom. The van der Waals surface area contributed by atoms with Gasteiger partial charge in [-0.25, -0.2) is 0 Å². The zero-order valence-corrected chi connectivity index (χ0v) is 12.0. The fourth-order valence-corrected chi connectivity index (χ4v) is 3.31. The first-order valence-corrected chi connectivity index (χ1v) is 7.28. The topological polar surface area (TPSA) is 63.4 Å². The van der Waals surface area contributed by atoms with Crippen LogP contribution in [0.3, 0.4) is 0 Å². The van der Waals surface area contributed by atoms with E-state index in [0.717, 1.165) is 17.0 Å². The molecule has 1 amide bonds. The van der Waals surface area contributed by atoms with Gasteiger partial charge in [-0.1, -0.05) is 6.92 Å². The maximum atomic E-state index is 12.4. The van der Waals surface area contributed by atoms with Gasteiger partial charge in [-0.2, -0.15) is 0 Å². The van der Waals surface area contributed by atoms with Crippen molar-refractivity contribution >= 4 is 34.8 Å². The van der Waals surface area contributed by atoms with Crippen LogP contribution >= 0.6 is 11.8 Å². The normalized spacial score (nSPS) is 18.3. The number of hydrogen-bond acceptors (Lipinski definition) is 4. The van der Waals surface area contributed by atoms with E-state index in [9.17, 15) is 9.59 Å². The lowest BCUT2D eigenvalue weighted by Crippen LogP contribution is -2.41. The predicted octanol–water partition coefficient (Wildman–Crippen LogP) is 2.47. The van der Waals surface area contributed by atoms with Crippen molar-refractivity contribution < 1.29 is 9.59 Å². The minimum Gasteiger partial charge on any atom is -0.399 e. The largest absolute Gasteiger partial charge is 0.399 e. The summed E-state index contributed by atoms with van der Waals surface area (Å²) in [5, 5.41) is -0.0822. The molecule has 1 heterocycles. The summed E-state index contributed by atoms with van der Waals surface area (Å²) >= 11 is 1.56. The summed E-state index contributed by atoms with van der Waals surface area (Å²) in [6, 6.07) is 5.55. The molecule has 1 aromatic carbocycles. The molecule has 0 aromatic heterocycles. The van der Waals surface area contributed by atoms with Gasteiger partial charge in [0.25, 0.3) is 0 Å². The van der Waals surface area contributed by atoms with E-state index in [1.54, 1.807) is 29.7 Å². The number of rotatable bonds is 4. The number of carbonyl (C=O) groups excluding carboxylic acids is 2. The molecule has 0 aliphatic carbocycles. The molecule has 0 radical (unpaired) electrons. The minimum atomic E-state index is -0.0822. The summed E-state index contributed by atoms with van der Waals surface area (Å²) in [5.74, 6) is 0.182. The van der Waals surface area contributed by atoms with Crippen molar-refractivity contribution in [1.29, 1.82) is 0 Å². The second kappa shape index (κ2) is 5.65. The molecular weight excluding hydrogens is 260 g/mol. The Bertz CT molecular complexity index is 516. The van der Waals surface area contributed by atoms with E-state index >= 15 is 0 Å². The highest BCUT2D eigenvalue weighted by atomic mass is 32.2. The smallest absolute Gasteiger partial charge is 0.240 e. The number of hydrogen-bond donors (Lipinski definition) is 1. The zero-order chi connectivity index (χ0) is 14.0. The first-order chi connectivity index (χ1) is 9.02. The van der Waals surface area contributed by atoms with Crippen molar-refractivity contribution in [3.63, 3.8) is 0 Å². The average molecular weight is 278 g/mol. The van der Waals surface area contributed by atoms with E-state index < -0.39 is 0 Å². The Morgan fingerprint density at radius 2 is 2.21 bits per heavy atom. The monoisotopic (exact) mass is 278 g/mol. The number of anilines is 2. The van der Waals surface area contributed by atoms with E-state index in [0.29, 0.717) is 18.7 Å². The van der Waals surface area contributed by atoms with Crippen LogP contribution in [0.15, 0.2) is 23.1 Å². The first kappa shape index (κ1) is 13.9. The molecule has 1 aliphatic rings. The summed E-state index contributed by atoms with van der Waals surface area (Å²) in [5.41, 5.74) is 7.37. The van der Waals surface area contributed by atoms with Gasteiger partial charge < -0.3 is 10.6 Å². The Kier molecular flexibility index (Phi) is 4.14. The number of nitrogen functional groups attached to an aromatic ring is 1. The second-order valence-corrected chi connectivity index (χ2v) is 5.93. The highest BCUT2D eigenvalue weighted by molar-refractivity contribution is 8.01. The number of carbonyl (C=O) groups is 2. The van der Waals surface area contributed by atoms with Crippen molar-refractivity contribution in [1.82, 2.24) is 0 Å². The van der Waals surface area contributed by atoms with Crippen LogP contribution in [-0.4, -0.2) is 23.5 Å². The number of Topliss-reactive ketones (excluding diaryl/α,β-unsaturated/α-hetero) is 1. The molecule has 1 unspecified atom stereocenters. The van der Waals surface area contributed by atoms with Gasteiger partial charge >= 0.3 is 0 Å². The molecule has 19 heavy (non-hydrogen) atoms. The first-order valence-electron chi connectivity index (χ1n) is 6.40. The summed E-state index contributed by atoms with van der Waals surface area (Å²) in [6.07, 6.45) is 1.16. The molecule has 102 valence electrons. The van der Waals surface area contributed by atoms with Gasteiger partial charge in [0.1, 0.15) is 5.78 Å².